The summed E-state index contributed by atoms with van der Waals surface area (Å²) in [6, 6.07) is 6.49. The Bertz CT molecular complexity index is 391. The third kappa shape index (κ3) is 5.51. The fraction of sp³-hybridized carbons (Fsp3) is 0.571. The number of nitrogens with one attached hydrogen (secondary N) is 1. The van der Waals surface area contributed by atoms with Gasteiger partial charge in [0.1, 0.15) is 5.75 Å². The van der Waals surface area contributed by atoms with Gasteiger partial charge >= 0.3 is 6.36 Å². The molecule has 0 amide bonds. The average molecular weight is 275 g/mol. The van der Waals surface area contributed by atoms with Gasteiger partial charge in [0.05, 0.1) is 0 Å². The van der Waals surface area contributed by atoms with Crippen molar-refractivity contribution in [2.75, 3.05) is 0 Å². The van der Waals surface area contributed by atoms with Gasteiger partial charge in [-0.25, -0.2) is 0 Å². The van der Waals surface area contributed by atoms with Gasteiger partial charge in [-0.05, 0) is 18.4 Å². The molecule has 0 saturated carbocycles. The molecule has 0 radical (unpaired) electrons. The molecule has 5 heteroatoms. The number of halogens is 3. The lowest BCUT2D eigenvalue weighted by atomic mass is 10.0. The lowest BCUT2D eigenvalue weighted by molar-refractivity contribution is -0.274. The number of hydrogen-bond acceptors (Lipinski definition) is 2. The Labute approximate surface area is 112 Å². The van der Waals surface area contributed by atoms with Gasteiger partial charge in [-0.1, -0.05) is 39.0 Å². The second kappa shape index (κ2) is 6.80. The van der Waals surface area contributed by atoms with Crippen LogP contribution in [-0.4, -0.2) is 12.4 Å². The smallest absolute Gasteiger partial charge is 0.405 e. The van der Waals surface area contributed by atoms with Crippen LogP contribution in [0.3, 0.4) is 0 Å². The van der Waals surface area contributed by atoms with Crippen LogP contribution in [0.25, 0.3) is 0 Å². The number of ether oxygens (including phenoxy) is 1. The van der Waals surface area contributed by atoms with E-state index in [-0.39, 0.29) is 11.8 Å². The van der Waals surface area contributed by atoms with Crippen molar-refractivity contribution >= 4 is 0 Å². The molecule has 0 bridgehead atoms. The molecule has 19 heavy (non-hydrogen) atoms. The Morgan fingerprint density at radius 2 is 1.84 bits per heavy atom. The van der Waals surface area contributed by atoms with E-state index in [1.165, 1.54) is 12.1 Å². The minimum atomic E-state index is -4.65. The quantitative estimate of drug-likeness (QED) is 0.843. The molecule has 1 rings (SSSR count). The molecule has 0 aliphatic carbocycles. The van der Waals surface area contributed by atoms with Crippen molar-refractivity contribution in [1.82, 2.24) is 5.32 Å². The van der Waals surface area contributed by atoms with Crippen molar-refractivity contribution in [2.45, 2.75) is 46.1 Å². The summed E-state index contributed by atoms with van der Waals surface area (Å²) in [6.45, 7) is 6.58. The van der Waals surface area contributed by atoms with E-state index in [0.717, 1.165) is 6.42 Å². The summed E-state index contributed by atoms with van der Waals surface area (Å²) in [5, 5.41) is 3.26. The van der Waals surface area contributed by atoms with Gasteiger partial charge < -0.3 is 10.1 Å². The maximum absolute atomic E-state index is 12.3. The highest BCUT2D eigenvalue weighted by Gasteiger charge is 2.31. The fourth-order valence-electron chi connectivity index (χ4n) is 1.97. The van der Waals surface area contributed by atoms with Crippen molar-refractivity contribution in [3.8, 4) is 5.75 Å². The maximum Gasteiger partial charge on any atom is 0.573 e. The lowest BCUT2D eigenvalue weighted by Gasteiger charge is -2.21. The fourth-order valence-corrected chi connectivity index (χ4v) is 1.97. The van der Waals surface area contributed by atoms with Crippen LogP contribution in [0.5, 0.6) is 5.75 Å². The molecule has 1 N–H and O–H groups in total. The summed E-state index contributed by atoms with van der Waals surface area (Å²) >= 11 is 0. The molecule has 1 unspecified atom stereocenters. The highest BCUT2D eigenvalue weighted by molar-refractivity contribution is 5.33. The van der Waals surface area contributed by atoms with Crippen LogP contribution in [-0.2, 0) is 6.54 Å². The van der Waals surface area contributed by atoms with E-state index in [0.29, 0.717) is 18.0 Å². The molecular weight excluding hydrogens is 255 g/mol. The zero-order valence-corrected chi connectivity index (χ0v) is 11.4. The number of benzene rings is 1. The summed E-state index contributed by atoms with van der Waals surface area (Å²) in [5.74, 6) is 0.293. The Morgan fingerprint density at radius 1 is 1.21 bits per heavy atom. The molecule has 1 atom stereocenters. The van der Waals surface area contributed by atoms with Crippen molar-refractivity contribution < 1.29 is 17.9 Å². The van der Waals surface area contributed by atoms with Gasteiger partial charge in [0.25, 0.3) is 0 Å². The third-order valence-corrected chi connectivity index (χ3v) is 3.00. The molecule has 1 aromatic carbocycles. The Balaban J connectivity index is 2.73. The Hall–Kier alpha value is -1.23. The molecule has 108 valence electrons. The molecule has 0 saturated heterocycles. The van der Waals surface area contributed by atoms with Gasteiger partial charge in [0.15, 0.2) is 0 Å². The lowest BCUT2D eigenvalue weighted by Crippen LogP contribution is -2.33. The highest BCUT2D eigenvalue weighted by Crippen LogP contribution is 2.26. The Kier molecular flexibility index (Phi) is 5.66. The van der Waals surface area contributed by atoms with Gasteiger partial charge in [-0.15, -0.1) is 13.2 Å². The van der Waals surface area contributed by atoms with Crippen molar-refractivity contribution in [1.29, 1.82) is 0 Å². The molecule has 1 aromatic rings. The van der Waals surface area contributed by atoms with E-state index in [9.17, 15) is 13.2 Å². The summed E-state index contributed by atoms with van der Waals surface area (Å²) in [5.41, 5.74) is 0.513. The summed E-state index contributed by atoms with van der Waals surface area (Å²) in [6.07, 6.45) is -3.72. The van der Waals surface area contributed by atoms with E-state index >= 15 is 0 Å². The monoisotopic (exact) mass is 275 g/mol. The first kappa shape index (κ1) is 15.8. The molecule has 0 heterocycles. The minimum Gasteiger partial charge on any atom is -0.405 e. The first-order valence-corrected chi connectivity index (χ1v) is 6.40. The predicted octanol–water partition coefficient (Wildman–Crippen LogP) is 4.11. The number of rotatable bonds is 6. The molecule has 0 aliphatic heterocycles. The van der Waals surface area contributed by atoms with Crippen LogP contribution < -0.4 is 10.1 Å². The second-order valence-corrected chi connectivity index (χ2v) is 4.80. The van der Waals surface area contributed by atoms with Crippen LogP contribution in [0.2, 0.25) is 0 Å². The second-order valence-electron chi connectivity index (χ2n) is 4.80. The Morgan fingerprint density at radius 3 is 2.37 bits per heavy atom. The largest absolute Gasteiger partial charge is 0.573 e. The van der Waals surface area contributed by atoms with Gasteiger partial charge in [0.2, 0.25) is 0 Å². The van der Waals surface area contributed by atoms with Crippen molar-refractivity contribution in [3.05, 3.63) is 29.8 Å². The van der Waals surface area contributed by atoms with Crippen LogP contribution >= 0.6 is 0 Å². The van der Waals surface area contributed by atoms with E-state index in [1.807, 2.05) is 0 Å². The minimum absolute atomic E-state index is 0.138. The van der Waals surface area contributed by atoms with Crippen LogP contribution in [0.15, 0.2) is 24.3 Å². The number of alkyl halides is 3. The molecule has 0 spiro atoms. The molecular formula is C14H20F3NO. The topological polar surface area (TPSA) is 21.3 Å². The molecule has 0 fully saturated rings. The number of hydrogen-bond donors (Lipinski definition) is 1. The summed E-state index contributed by atoms with van der Waals surface area (Å²) in [4.78, 5) is 0. The zero-order valence-electron chi connectivity index (χ0n) is 11.4. The van der Waals surface area contributed by atoms with Crippen LogP contribution in [0.1, 0.15) is 32.8 Å². The number of para-hydroxylation sites is 1. The average Bonchev–Trinajstić information content (AvgIpc) is 2.29. The van der Waals surface area contributed by atoms with E-state index in [1.54, 1.807) is 12.1 Å². The van der Waals surface area contributed by atoms with Crippen LogP contribution in [0, 0.1) is 5.92 Å². The third-order valence-electron chi connectivity index (χ3n) is 3.00. The van der Waals surface area contributed by atoms with E-state index < -0.39 is 6.36 Å². The molecule has 0 aromatic heterocycles. The van der Waals surface area contributed by atoms with E-state index in [4.69, 9.17) is 0 Å². The molecule has 0 aliphatic rings. The predicted molar refractivity (Wildman–Crippen MR) is 68.9 cm³/mol. The summed E-state index contributed by atoms with van der Waals surface area (Å²) < 4.78 is 40.8. The standard InChI is InChI=1S/C14H20F3NO/c1-4-12(10(2)3)18-9-11-7-5-6-8-13(11)19-14(15,16)17/h5-8,10,12,18H,4,9H2,1-3H3. The molecule has 2 nitrogen and oxygen atoms in total. The van der Waals surface area contributed by atoms with Gasteiger partial charge in [-0.2, -0.15) is 0 Å². The first-order valence-electron chi connectivity index (χ1n) is 6.40. The van der Waals surface area contributed by atoms with Gasteiger partial charge in [0, 0.05) is 18.2 Å². The van der Waals surface area contributed by atoms with E-state index in [2.05, 4.69) is 30.8 Å². The highest BCUT2D eigenvalue weighted by atomic mass is 19.4. The van der Waals surface area contributed by atoms with Crippen molar-refractivity contribution in [2.24, 2.45) is 5.92 Å². The summed E-state index contributed by atoms with van der Waals surface area (Å²) in [7, 11) is 0. The first-order chi connectivity index (χ1) is 8.83. The van der Waals surface area contributed by atoms with Gasteiger partial charge in [-0.3, -0.25) is 0 Å². The van der Waals surface area contributed by atoms with Crippen molar-refractivity contribution in [3.63, 3.8) is 0 Å². The SMILES string of the molecule is CCC(NCc1ccccc1OC(F)(F)F)C(C)C. The zero-order chi connectivity index (χ0) is 14.5. The maximum atomic E-state index is 12.3. The van der Waals surface area contributed by atoms with Crippen LogP contribution in [0.4, 0.5) is 13.2 Å². The normalized spacial score (nSPS) is 13.6.